The Morgan fingerprint density at radius 2 is 1.95 bits per heavy atom. The van der Waals surface area contributed by atoms with Crippen molar-refractivity contribution in [2.45, 2.75) is 13.8 Å². The molecule has 0 radical (unpaired) electrons. The largest absolute Gasteiger partial charge is 0.321 e. The molecule has 0 bridgehead atoms. The molecule has 0 unspecified atom stereocenters. The van der Waals surface area contributed by atoms with Crippen molar-refractivity contribution in [1.82, 2.24) is 4.98 Å². The van der Waals surface area contributed by atoms with Crippen LogP contribution >= 0.6 is 0 Å². The number of amides is 1. The van der Waals surface area contributed by atoms with Crippen molar-refractivity contribution >= 4 is 11.6 Å². The summed E-state index contributed by atoms with van der Waals surface area (Å²) in [5, 5.41) is 2.48. The van der Waals surface area contributed by atoms with Crippen molar-refractivity contribution in [2.24, 2.45) is 0 Å². The van der Waals surface area contributed by atoms with Crippen LogP contribution in [0.2, 0.25) is 0 Å². The van der Waals surface area contributed by atoms with Crippen LogP contribution in [0.25, 0.3) is 0 Å². The molecule has 0 atom stereocenters. The first-order valence-electron chi connectivity index (χ1n) is 5.67. The SMILES string of the molecule is Cc1ccc(C(=O)Nc2cc(C)c(F)c(F)c2)nc1. The number of benzene rings is 1. The van der Waals surface area contributed by atoms with Gasteiger partial charge in [0.05, 0.1) is 0 Å². The summed E-state index contributed by atoms with van der Waals surface area (Å²) in [7, 11) is 0. The molecule has 2 rings (SSSR count). The molecule has 5 heteroatoms. The number of hydrogen-bond acceptors (Lipinski definition) is 2. The zero-order valence-electron chi connectivity index (χ0n) is 10.5. The molecule has 0 aliphatic carbocycles. The molecular formula is C14H12F2N2O. The number of pyridine rings is 1. The first-order chi connectivity index (χ1) is 8.97. The molecule has 1 heterocycles. The number of nitrogens with zero attached hydrogens (tertiary/aromatic N) is 1. The number of carbonyl (C=O) groups excluding carboxylic acids is 1. The van der Waals surface area contributed by atoms with E-state index < -0.39 is 17.5 Å². The average molecular weight is 262 g/mol. The van der Waals surface area contributed by atoms with Gasteiger partial charge in [-0.05, 0) is 37.1 Å². The Morgan fingerprint density at radius 1 is 1.21 bits per heavy atom. The van der Waals surface area contributed by atoms with Crippen molar-refractivity contribution in [2.75, 3.05) is 5.32 Å². The fourth-order valence-electron chi connectivity index (χ4n) is 1.60. The highest BCUT2D eigenvalue weighted by molar-refractivity contribution is 6.02. The number of carbonyl (C=O) groups is 1. The van der Waals surface area contributed by atoms with Crippen LogP contribution in [0.15, 0.2) is 30.5 Å². The molecule has 19 heavy (non-hydrogen) atoms. The quantitative estimate of drug-likeness (QED) is 0.902. The van der Waals surface area contributed by atoms with Gasteiger partial charge in [-0.25, -0.2) is 8.78 Å². The van der Waals surface area contributed by atoms with Gasteiger partial charge in [-0.15, -0.1) is 0 Å². The summed E-state index contributed by atoms with van der Waals surface area (Å²) < 4.78 is 26.3. The van der Waals surface area contributed by atoms with Crippen molar-refractivity contribution in [3.8, 4) is 0 Å². The van der Waals surface area contributed by atoms with Gasteiger partial charge < -0.3 is 5.32 Å². The van der Waals surface area contributed by atoms with Gasteiger partial charge in [0, 0.05) is 18.0 Å². The van der Waals surface area contributed by atoms with E-state index in [4.69, 9.17) is 0 Å². The van der Waals surface area contributed by atoms with Gasteiger partial charge in [0.15, 0.2) is 11.6 Å². The summed E-state index contributed by atoms with van der Waals surface area (Å²) in [5.41, 5.74) is 1.48. The van der Waals surface area contributed by atoms with Gasteiger partial charge in [0.2, 0.25) is 0 Å². The van der Waals surface area contributed by atoms with Crippen LogP contribution in [0, 0.1) is 25.5 Å². The van der Waals surface area contributed by atoms with Crippen LogP contribution in [0.4, 0.5) is 14.5 Å². The topological polar surface area (TPSA) is 42.0 Å². The lowest BCUT2D eigenvalue weighted by Gasteiger charge is -2.07. The molecule has 0 aliphatic heterocycles. The highest BCUT2D eigenvalue weighted by Crippen LogP contribution is 2.18. The minimum atomic E-state index is -0.993. The van der Waals surface area contributed by atoms with Gasteiger partial charge in [-0.1, -0.05) is 6.07 Å². The van der Waals surface area contributed by atoms with Gasteiger partial charge in [-0.3, -0.25) is 9.78 Å². The third-order valence-electron chi connectivity index (χ3n) is 2.61. The van der Waals surface area contributed by atoms with E-state index in [0.29, 0.717) is 0 Å². The van der Waals surface area contributed by atoms with E-state index >= 15 is 0 Å². The number of anilines is 1. The van der Waals surface area contributed by atoms with Crippen LogP contribution < -0.4 is 5.32 Å². The number of aromatic nitrogens is 1. The molecule has 3 nitrogen and oxygen atoms in total. The van der Waals surface area contributed by atoms with Crippen molar-refractivity contribution in [1.29, 1.82) is 0 Å². The molecular weight excluding hydrogens is 250 g/mol. The third kappa shape index (κ3) is 2.93. The van der Waals surface area contributed by atoms with Crippen LogP contribution in [0.1, 0.15) is 21.6 Å². The lowest BCUT2D eigenvalue weighted by Crippen LogP contribution is -2.14. The summed E-state index contributed by atoms with van der Waals surface area (Å²) in [6.45, 7) is 3.28. The summed E-state index contributed by atoms with van der Waals surface area (Å²) in [5.74, 6) is -2.37. The van der Waals surface area contributed by atoms with E-state index in [2.05, 4.69) is 10.3 Å². The molecule has 0 spiro atoms. The van der Waals surface area contributed by atoms with Gasteiger partial charge >= 0.3 is 0 Å². The second kappa shape index (κ2) is 5.14. The van der Waals surface area contributed by atoms with E-state index in [1.807, 2.05) is 6.92 Å². The fourth-order valence-corrected chi connectivity index (χ4v) is 1.60. The first kappa shape index (κ1) is 13.1. The highest BCUT2D eigenvalue weighted by atomic mass is 19.2. The number of hydrogen-bond donors (Lipinski definition) is 1. The zero-order chi connectivity index (χ0) is 14.0. The summed E-state index contributed by atoms with van der Waals surface area (Å²) >= 11 is 0. The average Bonchev–Trinajstić information content (AvgIpc) is 2.36. The van der Waals surface area contributed by atoms with E-state index in [9.17, 15) is 13.6 Å². The molecule has 0 aliphatic rings. The molecule has 0 saturated heterocycles. The van der Waals surface area contributed by atoms with Crippen molar-refractivity contribution in [3.63, 3.8) is 0 Å². The maximum Gasteiger partial charge on any atom is 0.274 e. The van der Waals surface area contributed by atoms with Crippen molar-refractivity contribution < 1.29 is 13.6 Å². The van der Waals surface area contributed by atoms with Crippen LogP contribution in [-0.2, 0) is 0 Å². The Balaban J connectivity index is 2.22. The smallest absolute Gasteiger partial charge is 0.274 e. The number of nitrogens with one attached hydrogen (secondary N) is 1. The van der Waals surface area contributed by atoms with E-state index in [-0.39, 0.29) is 16.9 Å². The fraction of sp³-hybridized carbons (Fsp3) is 0.143. The number of aryl methyl sites for hydroxylation is 2. The van der Waals surface area contributed by atoms with E-state index in [1.165, 1.54) is 13.0 Å². The molecule has 1 aromatic heterocycles. The molecule has 98 valence electrons. The van der Waals surface area contributed by atoms with Crippen LogP contribution in [0.3, 0.4) is 0 Å². The summed E-state index contributed by atoms with van der Waals surface area (Å²) in [6, 6.07) is 5.62. The van der Waals surface area contributed by atoms with Gasteiger partial charge in [0.25, 0.3) is 5.91 Å². The second-order valence-electron chi connectivity index (χ2n) is 4.26. The third-order valence-corrected chi connectivity index (χ3v) is 2.61. The molecule has 1 N–H and O–H groups in total. The Hall–Kier alpha value is -2.30. The number of halogens is 2. The predicted molar refractivity (Wildman–Crippen MR) is 68.0 cm³/mol. The normalized spacial score (nSPS) is 10.3. The van der Waals surface area contributed by atoms with Crippen LogP contribution in [-0.4, -0.2) is 10.9 Å². The maximum atomic E-state index is 13.2. The van der Waals surface area contributed by atoms with Gasteiger partial charge in [0.1, 0.15) is 5.69 Å². The van der Waals surface area contributed by atoms with E-state index in [1.54, 1.807) is 18.3 Å². The summed E-state index contributed by atoms with van der Waals surface area (Å²) in [4.78, 5) is 15.8. The minimum Gasteiger partial charge on any atom is -0.321 e. The lowest BCUT2D eigenvalue weighted by atomic mass is 10.2. The Bertz CT molecular complexity index is 601. The second-order valence-corrected chi connectivity index (χ2v) is 4.26. The van der Waals surface area contributed by atoms with Crippen molar-refractivity contribution in [3.05, 3.63) is 58.9 Å². The molecule has 1 amide bonds. The van der Waals surface area contributed by atoms with E-state index in [0.717, 1.165) is 11.6 Å². The first-order valence-corrected chi connectivity index (χ1v) is 5.67. The molecule has 2 aromatic rings. The highest BCUT2D eigenvalue weighted by Gasteiger charge is 2.11. The Labute approximate surface area is 109 Å². The maximum absolute atomic E-state index is 13.2. The Morgan fingerprint density at radius 3 is 2.53 bits per heavy atom. The molecule has 0 saturated carbocycles. The minimum absolute atomic E-state index is 0.132. The number of rotatable bonds is 2. The Kier molecular flexibility index (Phi) is 3.55. The molecule has 0 fully saturated rings. The summed E-state index contributed by atoms with van der Waals surface area (Å²) in [6.07, 6.45) is 1.56. The lowest BCUT2D eigenvalue weighted by molar-refractivity contribution is 0.102. The predicted octanol–water partition coefficient (Wildman–Crippen LogP) is 3.23. The van der Waals surface area contributed by atoms with Gasteiger partial charge in [-0.2, -0.15) is 0 Å². The van der Waals surface area contributed by atoms with Crippen LogP contribution in [0.5, 0.6) is 0 Å². The monoisotopic (exact) mass is 262 g/mol. The standard InChI is InChI=1S/C14H12F2N2O/c1-8-3-4-12(17-7-8)14(19)18-10-5-9(2)13(16)11(15)6-10/h3-7H,1-2H3,(H,18,19). The zero-order valence-corrected chi connectivity index (χ0v) is 10.5. The molecule has 1 aromatic carbocycles.